The number of rotatable bonds is 4. The van der Waals surface area contributed by atoms with Gasteiger partial charge in [-0.2, -0.15) is 0 Å². The summed E-state index contributed by atoms with van der Waals surface area (Å²) in [6.07, 6.45) is 4.41. The zero-order valence-electron chi connectivity index (χ0n) is 12.2. The van der Waals surface area contributed by atoms with E-state index in [0.717, 1.165) is 19.6 Å². The minimum Gasteiger partial charge on any atom is -0.326 e. The van der Waals surface area contributed by atoms with E-state index in [2.05, 4.69) is 71.6 Å². The van der Waals surface area contributed by atoms with Gasteiger partial charge in [-0.1, -0.05) is 72.8 Å². The Kier molecular flexibility index (Phi) is 4.49. The maximum atomic E-state index is 6.32. The lowest BCUT2D eigenvalue weighted by Crippen LogP contribution is -2.28. The lowest BCUT2D eigenvalue weighted by atomic mass is 9.95. The van der Waals surface area contributed by atoms with Gasteiger partial charge in [0.1, 0.15) is 0 Å². The highest BCUT2D eigenvalue weighted by Crippen LogP contribution is 2.26. The van der Waals surface area contributed by atoms with Gasteiger partial charge in [-0.25, -0.2) is 0 Å². The summed E-state index contributed by atoms with van der Waals surface area (Å²) in [5, 5.41) is 0. The summed E-state index contributed by atoms with van der Waals surface area (Å²) in [7, 11) is 0. The van der Waals surface area contributed by atoms with Gasteiger partial charge in [-0.3, -0.25) is 4.90 Å². The van der Waals surface area contributed by atoms with Gasteiger partial charge in [0.15, 0.2) is 0 Å². The molecule has 108 valence electrons. The van der Waals surface area contributed by atoms with Crippen LogP contribution < -0.4 is 5.73 Å². The predicted molar refractivity (Wildman–Crippen MR) is 89.1 cm³/mol. The molecule has 2 atom stereocenters. The SMILES string of the molecule is N[C@@H]1CN(C/C=C/c2ccccc2)C[C@H]1c1ccccc1. The second-order valence-electron chi connectivity index (χ2n) is 5.71. The molecule has 0 aliphatic carbocycles. The van der Waals surface area contributed by atoms with Crippen LogP contribution in [0.4, 0.5) is 0 Å². The second kappa shape index (κ2) is 6.70. The van der Waals surface area contributed by atoms with Gasteiger partial charge in [-0.05, 0) is 11.1 Å². The van der Waals surface area contributed by atoms with Crippen molar-refractivity contribution in [3.05, 3.63) is 77.9 Å². The smallest absolute Gasteiger partial charge is 0.0250 e. The molecule has 21 heavy (non-hydrogen) atoms. The van der Waals surface area contributed by atoms with Crippen molar-refractivity contribution in [1.82, 2.24) is 4.90 Å². The summed E-state index contributed by atoms with van der Waals surface area (Å²) in [5.74, 6) is 0.455. The van der Waals surface area contributed by atoms with Crippen LogP contribution in [0.15, 0.2) is 66.7 Å². The predicted octanol–water partition coefficient (Wildman–Crippen LogP) is 3.13. The van der Waals surface area contributed by atoms with Crippen LogP contribution in [-0.4, -0.2) is 30.6 Å². The maximum absolute atomic E-state index is 6.32. The molecule has 0 aromatic heterocycles. The molecule has 0 radical (unpaired) electrons. The first-order valence-corrected chi connectivity index (χ1v) is 7.57. The van der Waals surface area contributed by atoms with E-state index >= 15 is 0 Å². The quantitative estimate of drug-likeness (QED) is 0.931. The number of hydrogen-bond donors (Lipinski definition) is 1. The van der Waals surface area contributed by atoms with E-state index in [-0.39, 0.29) is 6.04 Å². The summed E-state index contributed by atoms with van der Waals surface area (Å²) in [4.78, 5) is 2.43. The van der Waals surface area contributed by atoms with E-state index in [0.29, 0.717) is 5.92 Å². The molecule has 0 amide bonds. The Labute approximate surface area is 126 Å². The fourth-order valence-corrected chi connectivity index (χ4v) is 3.02. The number of likely N-dealkylation sites (tertiary alicyclic amines) is 1. The molecule has 0 bridgehead atoms. The normalized spacial score (nSPS) is 22.9. The zero-order chi connectivity index (χ0) is 14.5. The van der Waals surface area contributed by atoms with Gasteiger partial charge in [0, 0.05) is 31.6 Å². The minimum atomic E-state index is 0.234. The van der Waals surface area contributed by atoms with Gasteiger partial charge in [0.05, 0.1) is 0 Å². The third kappa shape index (κ3) is 3.60. The molecule has 0 spiro atoms. The van der Waals surface area contributed by atoms with Crippen LogP contribution in [0.25, 0.3) is 6.08 Å². The Hall–Kier alpha value is -1.90. The third-order valence-electron chi connectivity index (χ3n) is 4.14. The first kappa shape index (κ1) is 14.1. The van der Waals surface area contributed by atoms with Gasteiger partial charge in [0.25, 0.3) is 0 Å². The lowest BCUT2D eigenvalue weighted by molar-refractivity contribution is 0.369. The summed E-state index contributed by atoms with van der Waals surface area (Å²) in [6.45, 7) is 2.98. The van der Waals surface area contributed by atoms with Crippen molar-refractivity contribution in [3.8, 4) is 0 Å². The molecule has 2 heteroatoms. The van der Waals surface area contributed by atoms with Crippen molar-refractivity contribution in [3.63, 3.8) is 0 Å². The first-order chi connectivity index (χ1) is 10.3. The monoisotopic (exact) mass is 278 g/mol. The largest absolute Gasteiger partial charge is 0.326 e. The molecule has 3 rings (SSSR count). The molecule has 2 aromatic carbocycles. The Bertz CT molecular complexity index is 577. The summed E-state index contributed by atoms with van der Waals surface area (Å²) in [6, 6.07) is 21.3. The fourth-order valence-electron chi connectivity index (χ4n) is 3.02. The summed E-state index contributed by atoms with van der Waals surface area (Å²) >= 11 is 0. The lowest BCUT2D eigenvalue weighted by Gasteiger charge is -2.14. The minimum absolute atomic E-state index is 0.234. The van der Waals surface area contributed by atoms with Crippen LogP contribution >= 0.6 is 0 Å². The van der Waals surface area contributed by atoms with Crippen molar-refractivity contribution < 1.29 is 0 Å². The van der Waals surface area contributed by atoms with Crippen LogP contribution in [0, 0.1) is 0 Å². The highest BCUT2D eigenvalue weighted by molar-refractivity contribution is 5.48. The van der Waals surface area contributed by atoms with Crippen LogP contribution in [0.2, 0.25) is 0 Å². The van der Waals surface area contributed by atoms with Crippen molar-refractivity contribution in [2.75, 3.05) is 19.6 Å². The summed E-state index contributed by atoms with van der Waals surface area (Å²) in [5.41, 5.74) is 8.93. The van der Waals surface area contributed by atoms with Crippen molar-refractivity contribution in [2.45, 2.75) is 12.0 Å². The van der Waals surface area contributed by atoms with E-state index in [9.17, 15) is 0 Å². The zero-order valence-corrected chi connectivity index (χ0v) is 12.2. The highest BCUT2D eigenvalue weighted by atomic mass is 15.2. The van der Waals surface area contributed by atoms with Crippen LogP contribution in [-0.2, 0) is 0 Å². The fraction of sp³-hybridized carbons (Fsp3) is 0.263. The van der Waals surface area contributed by atoms with E-state index in [1.165, 1.54) is 11.1 Å². The average molecular weight is 278 g/mol. The molecule has 2 N–H and O–H groups in total. The van der Waals surface area contributed by atoms with Crippen molar-refractivity contribution >= 4 is 6.08 Å². The summed E-state index contributed by atoms with van der Waals surface area (Å²) < 4.78 is 0. The van der Waals surface area contributed by atoms with Gasteiger partial charge >= 0.3 is 0 Å². The molecule has 1 heterocycles. The highest BCUT2D eigenvalue weighted by Gasteiger charge is 2.30. The molecule has 0 saturated carbocycles. The molecule has 2 nitrogen and oxygen atoms in total. The standard InChI is InChI=1S/C19H22N2/c20-19-15-21(13-7-10-16-8-3-1-4-9-16)14-18(19)17-11-5-2-6-12-17/h1-12,18-19H,13-15,20H2/b10-7+/t18-,19+/m0/s1. The number of benzene rings is 2. The molecular weight excluding hydrogens is 256 g/mol. The third-order valence-corrected chi connectivity index (χ3v) is 4.14. The van der Waals surface area contributed by atoms with Gasteiger partial charge in [-0.15, -0.1) is 0 Å². The van der Waals surface area contributed by atoms with E-state index in [1.807, 2.05) is 6.07 Å². The van der Waals surface area contributed by atoms with Crippen LogP contribution in [0.1, 0.15) is 17.0 Å². The molecular formula is C19H22N2. The molecule has 1 aliphatic rings. The molecule has 1 fully saturated rings. The van der Waals surface area contributed by atoms with Crippen LogP contribution in [0.5, 0.6) is 0 Å². The number of hydrogen-bond acceptors (Lipinski definition) is 2. The Morgan fingerprint density at radius 3 is 2.33 bits per heavy atom. The maximum Gasteiger partial charge on any atom is 0.0250 e. The Morgan fingerprint density at radius 2 is 1.62 bits per heavy atom. The van der Waals surface area contributed by atoms with Crippen molar-refractivity contribution in [2.24, 2.45) is 5.73 Å². The second-order valence-corrected chi connectivity index (χ2v) is 5.71. The van der Waals surface area contributed by atoms with Crippen molar-refractivity contribution in [1.29, 1.82) is 0 Å². The van der Waals surface area contributed by atoms with Gasteiger partial charge in [0.2, 0.25) is 0 Å². The average Bonchev–Trinajstić information content (AvgIpc) is 2.90. The molecule has 0 unspecified atom stereocenters. The molecule has 1 saturated heterocycles. The van der Waals surface area contributed by atoms with E-state index in [1.54, 1.807) is 0 Å². The molecule has 2 aromatic rings. The first-order valence-electron chi connectivity index (χ1n) is 7.57. The topological polar surface area (TPSA) is 29.3 Å². The van der Waals surface area contributed by atoms with Gasteiger partial charge < -0.3 is 5.73 Å². The van der Waals surface area contributed by atoms with E-state index < -0.39 is 0 Å². The Balaban J connectivity index is 1.58. The van der Waals surface area contributed by atoms with Crippen LogP contribution in [0.3, 0.4) is 0 Å². The Morgan fingerprint density at radius 1 is 0.952 bits per heavy atom. The molecule has 1 aliphatic heterocycles. The number of nitrogens with zero attached hydrogens (tertiary/aromatic N) is 1. The number of nitrogens with two attached hydrogens (primary N) is 1. The van der Waals surface area contributed by atoms with E-state index in [4.69, 9.17) is 5.73 Å².